The quantitative estimate of drug-likeness (QED) is 0.0608. The van der Waals surface area contributed by atoms with Crippen molar-refractivity contribution in [2.45, 2.75) is 179 Å². The maximum absolute atomic E-state index is 13.1. The highest BCUT2D eigenvalue weighted by Gasteiger charge is 2.32. The minimum atomic E-state index is -0.521. The van der Waals surface area contributed by atoms with Crippen LogP contribution >= 0.6 is 35.6 Å². The van der Waals surface area contributed by atoms with Gasteiger partial charge in [0.25, 0.3) is 0 Å². The van der Waals surface area contributed by atoms with Crippen LogP contribution in [0.25, 0.3) is 44.3 Å². The number of fused-ring (bicyclic) bond motifs is 2. The molecule has 19 heteroatoms. The Hall–Kier alpha value is -5.68. The molecule has 0 saturated heterocycles. The summed E-state index contributed by atoms with van der Waals surface area (Å²) in [5.41, 5.74) is 10.8. The van der Waals surface area contributed by atoms with Gasteiger partial charge < -0.3 is 47.0 Å². The lowest BCUT2D eigenvalue weighted by atomic mass is 9.84. The van der Waals surface area contributed by atoms with Crippen LogP contribution in [0.5, 0.6) is 0 Å². The van der Waals surface area contributed by atoms with E-state index in [9.17, 15) is 14.4 Å². The molecule has 4 heterocycles. The number of carbonyl (C=O) groups excluding carboxylic acids is 3. The first-order valence-electron chi connectivity index (χ1n) is 27.7. The summed E-state index contributed by atoms with van der Waals surface area (Å²) < 4.78 is 11.6. The van der Waals surface area contributed by atoms with Gasteiger partial charge >= 0.3 is 6.09 Å². The SMILES string of the molecule is CC(C)(C)OC(=O)NC1CCC(C(=O)N[C@H]2CCC[C@@H](Nc3ncc(Cl)c(-c4c[nH]c5ccccc45)n3)C2)CC1.Cl.NC1CCC(C(=O)N[C@H]2CCC[C@@H](Nc3ncc(Cl)c(-c4c[nH]c5ccccc45)n3)C2)CC1.[2H]CC. The molecule has 4 saturated carbocycles. The van der Waals surface area contributed by atoms with Crippen molar-refractivity contribution < 1.29 is 20.5 Å². The highest BCUT2D eigenvalue weighted by atomic mass is 35.5. The summed E-state index contributed by atoms with van der Waals surface area (Å²) in [6, 6.07) is 17.1. The molecule has 6 aromatic rings. The fraction of sp³-hybridized carbons (Fsp3) is 0.526. The third kappa shape index (κ3) is 15.5. The molecule has 4 aliphatic carbocycles. The van der Waals surface area contributed by atoms with Crippen molar-refractivity contribution in [2.24, 2.45) is 17.6 Å². The average Bonchev–Trinajstić information content (AvgIpc) is 4.05. The molecule has 0 spiro atoms. The zero-order valence-corrected chi connectivity index (χ0v) is 46.6. The van der Waals surface area contributed by atoms with Crippen LogP contribution in [0.3, 0.4) is 0 Å². The second-order valence-corrected chi connectivity index (χ2v) is 22.3. The zero-order valence-electron chi connectivity index (χ0n) is 45.2. The Morgan fingerprint density at radius 1 is 0.632 bits per heavy atom. The molecule has 76 heavy (non-hydrogen) atoms. The van der Waals surface area contributed by atoms with E-state index in [2.05, 4.69) is 52.6 Å². The van der Waals surface area contributed by atoms with Gasteiger partial charge in [0.15, 0.2) is 0 Å². The Kier molecular flexibility index (Phi) is 20.1. The monoisotopic (exact) mass is 1100 g/mol. The molecule has 0 unspecified atom stereocenters. The van der Waals surface area contributed by atoms with Crippen LogP contribution in [-0.4, -0.2) is 89.7 Å². The number of para-hydroxylation sites is 2. The molecule has 16 nitrogen and oxygen atoms in total. The summed E-state index contributed by atoms with van der Waals surface area (Å²) in [5.74, 6) is 1.50. The lowest BCUT2D eigenvalue weighted by Gasteiger charge is -2.33. The van der Waals surface area contributed by atoms with Crippen LogP contribution in [-0.2, 0) is 14.3 Å². The smallest absolute Gasteiger partial charge is 0.407 e. The highest BCUT2D eigenvalue weighted by molar-refractivity contribution is 6.33. The number of aromatic amines is 2. The largest absolute Gasteiger partial charge is 0.444 e. The molecule has 9 N–H and O–H groups in total. The number of alkyl carbamates (subject to hydrolysis) is 1. The molecule has 4 aromatic heterocycles. The van der Waals surface area contributed by atoms with Crippen LogP contribution in [0, 0.1) is 11.8 Å². The minimum absolute atomic E-state index is 0. The Balaban J connectivity index is 0.000000213. The predicted molar refractivity (Wildman–Crippen MR) is 308 cm³/mol. The molecule has 0 bridgehead atoms. The van der Waals surface area contributed by atoms with E-state index in [1.165, 1.54) is 0 Å². The van der Waals surface area contributed by atoms with Crippen LogP contribution < -0.4 is 32.3 Å². The van der Waals surface area contributed by atoms with Gasteiger partial charge in [-0.25, -0.2) is 24.7 Å². The van der Waals surface area contributed by atoms with Gasteiger partial charge in [0.1, 0.15) is 5.60 Å². The van der Waals surface area contributed by atoms with E-state index >= 15 is 0 Å². The van der Waals surface area contributed by atoms with E-state index in [0.717, 1.165) is 136 Å². The third-order valence-electron chi connectivity index (χ3n) is 14.8. The molecule has 2 aromatic carbocycles. The highest BCUT2D eigenvalue weighted by Crippen LogP contribution is 2.35. The molecular weight excluding hydrogens is 1020 g/mol. The summed E-state index contributed by atoms with van der Waals surface area (Å²) in [6.07, 6.45) is 21.3. The van der Waals surface area contributed by atoms with Gasteiger partial charge in [0, 0.05) is 94.8 Å². The number of halogens is 3. The van der Waals surface area contributed by atoms with Gasteiger partial charge in [-0.3, -0.25) is 9.59 Å². The van der Waals surface area contributed by atoms with Crippen molar-refractivity contribution >= 4 is 87.2 Å². The van der Waals surface area contributed by atoms with E-state index in [1.54, 1.807) is 19.3 Å². The van der Waals surface area contributed by atoms with Crippen molar-refractivity contribution in [3.63, 3.8) is 0 Å². The van der Waals surface area contributed by atoms with Gasteiger partial charge in [-0.15, -0.1) is 12.4 Å². The second kappa shape index (κ2) is 27.1. The molecule has 4 atom stereocenters. The van der Waals surface area contributed by atoms with Gasteiger partial charge in [0.2, 0.25) is 23.7 Å². The Bertz CT molecular complexity index is 2880. The minimum Gasteiger partial charge on any atom is -0.444 e. The Morgan fingerprint density at radius 2 is 1.05 bits per heavy atom. The van der Waals surface area contributed by atoms with Gasteiger partial charge in [-0.1, -0.05) is 73.4 Å². The fourth-order valence-corrected chi connectivity index (χ4v) is 11.4. The van der Waals surface area contributed by atoms with E-state index in [4.69, 9.17) is 45.0 Å². The van der Waals surface area contributed by atoms with Crippen molar-refractivity contribution in [3.8, 4) is 22.5 Å². The average molecular weight is 1100 g/mol. The Morgan fingerprint density at radius 3 is 1.50 bits per heavy atom. The Labute approximate surface area is 464 Å². The molecular formula is C57H77Cl3N12O4. The standard InChI is InChI=1S/C30H39ClN6O3.C25H31ClN6O.C2H6.ClH/c1-30(2,3)40-29(39)36-19-13-11-18(12-14-19)27(38)34-20-7-6-8-21(15-20)35-28-33-17-24(31)26(37-28)23-16-32-25-10-5-4-9-22(23)25;26-21-14-29-25(32-23(21)20-13-28-22-7-2-1-6-19(20)22)31-18-5-3-4-17(12-18)30-24(33)15-8-10-16(27)11-9-15;1-2;/h4-5,9-10,16-21,32H,6-8,11-15H2,1-3H3,(H,34,38)(H,36,39)(H,33,35,37);1-2,6-7,13-18,28H,3-5,8-12,27H2,(H,30,33)(H,29,31,32);1-2H3;1H/t18?,19?,20-,21+;15?,16?,17-,18+;;/m00../s1/i;;1D;. The van der Waals surface area contributed by atoms with Crippen molar-refractivity contribution in [1.29, 1.82) is 0 Å². The van der Waals surface area contributed by atoms with Crippen molar-refractivity contribution in [2.75, 3.05) is 10.6 Å². The first-order chi connectivity index (χ1) is 36.6. The first-order valence-corrected chi connectivity index (χ1v) is 27.7. The summed E-state index contributed by atoms with van der Waals surface area (Å²) in [6.45, 7) is 7.85. The first kappa shape index (κ1) is 56.5. The molecule has 410 valence electrons. The number of nitrogens with one attached hydrogen (secondary N) is 7. The topological polar surface area (TPSA) is 230 Å². The number of aromatic nitrogens is 6. The summed E-state index contributed by atoms with van der Waals surface area (Å²) >= 11 is 13.0. The molecule has 10 rings (SSSR count). The van der Waals surface area contributed by atoms with Gasteiger partial charge in [0.05, 0.1) is 33.8 Å². The van der Waals surface area contributed by atoms with Crippen molar-refractivity contribution in [1.82, 2.24) is 45.9 Å². The zero-order chi connectivity index (χ0) is 53.8. The number of H-pyrrole nitrogens is 2. The summed E-state index contributed by atoms with van der Waals surface area (Å²) in [7, 11) is 0. The molecule has 3 amide bonds. The number of benzene rings is 2. The molecule has 4 aliphatic rings. The number of hydrogen-bond donors (Lipinski definition) is 8. The number of anilines is 2. The number of rotatable bonds is 11. The van der Waals surface area contributed by atoms with E-state index in [-0.39, 0.29) is 78.4 Å². The molecule has 0 aliphatic heterocycles. The normalized spacial score (nSPS) is 23.7. The van der Waals surface area contributed by atoms with Gasteiger partial charge in [-0.2, -0.15) is 0 Å². The van der Waals surface area contributed by atoms with Gasteiger partial charge in [-0.05, 0) is 136 Å². The number of carbonyl (C=O) groups is 3. The van der Waals surface area contributed by atoms with Crippen LogP contribution in [0.1, 0.15) is 139 Å². The summed E-state index contributed by atoms with van der Waals surface area (Å²) in [5, 5.41) is 19.7. The lowest BCUT2D eigenvalue weighted by molar-refractivity contribution is -0.127. The predicted octanol–water partition coefficient (Wildman–Crippen LogP) is 12.3. The van der Waals surface area contributed by atoms with Crippen LogP contribution in [0.4, 0.5) is 16.7 Å². The second-order valence-electron chi connectivity index (χ2n) is 21.5. The number of hydrogen-bond acceptors (Lipinski definition) is 11. The van der Waals surface area contributed by atoms with E-state index in [0.29, 0.717) is 40.2 Å². The van der Waals surface area contributed by atoms with E-state index < -0.39 is 5.60 Å². The maximum Gasteiger partial charge on any atom is 0.407 e. The molecule has 4 fully saturated rings. The maximum atomic E-state index is 13.1. The van der Waals surface area contributed by atoms with Crippen LogP contribution in [0.15, 0.2) is 73.3 Å². The van der Waals surface area contributed by atoms with E-state index in [1.807, 2.05) is 75.6 Å². The number of nitrogens with two attached hydrogens (primary N) is 1. The molecule has 0 radical (unpaired) electrons. The van der Waals surface area contributed by atoms with Crippen LogP contribution in [0.2, 0.25) is 10.0 Å². The number of ether oxygens (including phenoxy) is 1. The van der Waals surface area contributed by atoms with Crippen molar-refractivity contribution in [3.05, 3.63) is 83.4 Å². The summed E-state index contributed by atoms with van der Waals surface area (Å²) in [4.78, 5) is 62.8. The number of nitrogens with zero attached hydrogens (tertiary/aromatic N) is 4. The number of amides is 3. The third-order valence-corrected chi connectivity index (χ3v) is 15.4. The lowest BCUT2D eigenvalue weighted by Crippen LogP contribution is -2.46. The fourth-order valence-electron chi connectivity index (χ4n) is 11.0.